The molecule has 0 aromatic rings. The molecule has 0 aromatic carbocycles. The summed E-state index contributed by atoms with van der Waals surface area (Å²) in [7, 11) is 2.84. The van der Waals surface area contributed by atoms with Crippen LogP contribution in [0.15, 0.2) is 0 Å². The molecule has 0 saturated carbocycles. The quantitative estimate of drug-likeness (QED) is 0.615. The maximum absolute atomic E-state index is 11.5. The highest BCUT2D eigenvalue weighted by molar-refractivity contribution is 6.69. The Morgan fingerprint density at radius 3 is 2.07 bits per heavy atom. The Morgan fingerprint density at radius 2 is 1.86 bits per heavy atom. The normalized spacial score (nSPS) is 16.2. The zero-order chi connectivity index (χ0) is 11.6. The number of nitrogens with zero attached hydrogens (tertiary/aromatic N) is 1. The number of hydrogen-bond acceptors (Lipinski definition) is 3. The number of amides is 1. The molecule has 0 spiro atoms. The van der Waals surface area contributed by atoms with Crippen molar-refractivity contribution in [3.8, 4) is 0 Å². The summed E-state index contributed by atoms with van der Waals surface area (Å²) in [6.45, 7) is 1.62. The molecule has 0 bridgehead atoms. The first kappa shape index (κ1) is 14.3. The molecular formula is C7H12Cl3NO3. The number of rotatable bonds is 3. The van der Waals surface area contributed by atoms with Crippen LogP contribution in [0.25, 0.3) is 0 Å². The lowest BCUT2D eigenvalue weighted by atomic mass is 10.3. The average Bonchev–Trinajstić information content (AvgIpc) is 2.01. The molecule has 0 aliphatic heterocycles. The van der Waals surface area contributed by atoms with Crippen molar-refractivity contribution in [2.45, 2.75) is 16.5 Å². The molecule has 0 fully saturated rings. The Morgan fingerprint density at radius 1 is 1.43 bits per heavy atom. The van der Waals surface area contributed by atoms with Crippen LogP contribution in [-0.2, 0) is 9.53 Å². The summed E-state index contributed by atoms with van der Waals surface area (Å²) in [6, 6.07) is 0. The van der Waals surface area contributed by atoms with Crippen LogP contribution in [0.1, 0.15) is 6.92 Å². The molecule has 1 N–H and O–H groups in total. The van der Waals surface area contributed by atoms with Gasteiger partial charge in [0, 0.05) is 20.7 Å². The van der Waals surface area contributed by atoms with Crippen LogP contribution in [-0.4, -0.2) is 46.2 Å². The third kappa shape index (κ3) is 2.87. The molecule has 1 atom stereocenters. The molecule has 0 aromatic heterocycles. The van der Waals surface area contributed by atoms with Gasteiger partial charge in [0.1, 0.15) is 0 Å². The van der Waals surface area contributed by atoms with E-state index in [0.717, 1.165) is 4.90 Å². The van der Waals surface area contributed by atoms with E-state index < -0.39 is 15.5 Å². The summed E-state index contributed by atoms with van der Waals surface area (Å²) in [5, 5.41) is 9.78. The smallest absolute Gasteiger partial charge is 0.296 e. The van der Waals surface area contributed by atoms with Gasteiger partial charge < -0.3 is 14.7 Å². The van der Waals surface area contributed by atoms with Crippen molar-refractivity contribution in [1.82, 2.24) is 4.90 Å². The lowest BCUT2D eigenvalue weighted by Gasteiger charge is -2.34. The summed E-state index contributed by atoms with van der Waals surface area (Å²) in [4.78, 5) is 12.6. The minimum atomic E-state index is -2.45. The maximum Gasteiger partial charge on any atom is 0.296 e. The van der Waals surface area contributed by atoms with Gasteiger partial charge in [-0.3, -0.25) is 4.79 Å². The molecule has 1 amide bonds. The Labute approximate surface area is 97.7 Å². The van der Waals surface area contributed by atoms with Crippen LogP contribution in [0.3, 0.4) is 0 Å². The summed E-state index contributed by atoms with van der Waals surface area (Å²) in [5.41, 5.74) is 0. The van der Waals surface area contributed by atoms with Gasteiger partial charge in [0.15, 0.2) is 0 Å². The molecule has 14 heavy (non-hydrogen) atoms. The number of aliphatic hydroxyl groups is 1. The van der Waals surface area contributed by atoms with Crippen LogP contribution in [0.2, 0.25) is 0 Å². The van der Waals surface area contributed by atoms with E-state index in [1.165, 1.54) is 14.1 Å². The second-order valence-electron chi connectivity index (χ2n) is 2.77. The van der Waals surface area contributed by atoms with Gasteiger partial charge in [0.05, 0.1) is 0 Å². The summed E-state index contributed by atoms with van der Waals surface area (Å²) < 4.78 is 2.55. The van der Waals surface area contributed by atoms with Gasteiger partial charge in [-0.05, 0) is 6.92 Å². The average molecular weight is 265 g/mol. The molecule has 4 nitrogen and oxygen atoms in total. The first-order chi connectivity index (χ1) is 6.16. The SMILES string of the molecule is CCOC(O)(C(=O)N(C)C)C(Cl)(Cl)Cl. The van der Waals surface area contributed by atoms with E-state index in [-0.39, 0.29) is 6.61 Å². The highest BCUT2D eigenvalue weighted by Crippen LogP contribution is 2.39. The van der Waals surface area contributed by atoms with E-state index in [0.29, 0.717) is 0 Å². The topological polar surface area (TPSA) is 49.8 Å². The van der Waals surface area contributed by atoms with Crippen LogP contribution in [0, 0.1) is 0 Å². The van der Waals surface area contributed by atoms with Crippen molar-refractivity contribution in [1.29, 1.82) is 0 Å². The molecule has 1 unspecified atom stereocenters. The molecule has 0 saturated heterocycles. The van der Waals surface area contributed by atoms with E-state index >= 15 is 0 Å². The van der Waals surface area contributed by atoms with Crippen molar-refractivity contribution in [2.24, 2.45) is 0 Å². The summed E-state index contributed by atoms with van der Waals surface area (Å²) >= 11 is 16.4. The van der Waals surface area contributed by atoms with Crippen molar-refractivity contribution >= 4 is 40.7 Å². The van der Waals surface area contributed by atoms with Crippen LogP contribution in [0.4, 0.5) is 0 Å². The molecular weight excluding hydrogens is 252 g/mol. The zero-order valence-electron chi connectivity index (χ0n) is 8.05. The standard InChI is InChI=1S/C7H12Cl3NO3/c1-4-14-6(13,7(8,9)10)5(12)11(2)3/h13H,4H2,1-3H3. The molecule has 0 aliphatic rings. The van der Waals surface area contributed by atoms with Gasteiger partial charge in [0.25, 0.3) is 15.5 Å². The van der Waals surface area contributed by atoms with Crippen molar-refractivity contribution in [3.05, 3.63) is 0 Å². The van der Waals surface area contributed by atoms with E-state index in [1.54, 1.807) is 6.92 Å². The molecule has 0 aliphatic carbocycles. The van der Waals surface area contributed by atoms with E-state index in [4.69, 9.17) is 39.5 Å². The Balaban J connectivity index is 5.00. The van der Waals surface area contributed by atoms with E-state index in [2.05, 4.69) is 0 Å². The molecule has 7 heteroatoms. The number of carbonyl (C=O) groups excluding carboxylic acids is 1. The number of alkyl halides is 3. The second kappa shape index (κ2) is 4.86. The monoisotopic (exact) mass is 263 g/mol. The number of hydrogen-bond donors (Lipinski definition) is 1. The Bertz CT molecular complexity index is 217. The van der Waals surface area contributed by atoms with Gasteiger partial charge in [-0.25, -0.2) is 0 Å². The van der Waals surface area contributed by atoms with E-state index in [1.807, 2.05) is 0 Å². The molecule has 0 rings (SSSR count). The lowest BCUT2D eigenvalue weighted by molar-refractivity contribution is -0.211. The second-order valence-corrected chi connectivity index (χ2v) is 5.06. The fourth-order valence-electron chi connectivity index (χ4n) is 0.777. The van der Waals surface area contributed by atoms with Crippen molar-refractivity contribution < 1.29 is 14.6 Å². The zero-order valence-corrected chi connectivity index (χ0v) is 10.3. The number of ether oxygens (including phenoxy) is 1. The molecule has 84 valence electrons. The largest absolute Gasteiger partial charge is 0.355 e. The lowest BCUT2D eigenvalue weighted by Crippen LogP contribution is -2.57. The van der Waals surface area contributed by atoms with E-state index in [9.17, 15) is 9.90 Å². The first-order valence-electron chi connectivity index (χ1n) is 3.81. The molecule has 0 radical (unpaired) electrons. The fraction of sp³-hybridized carbons (Fsp3) is 0.857. The van der Waals surface area contributed by atoms with Gasteiger partial charge in [-0.2, -0.15) is 0 Å². The third-order valence-electron chi connectivity index (χ3n) is 1.43. The minimum Gasteiger partial charge on any atom is -0.355 e. The predicted octanol–water partition coefficient (Wildman–Crippen LogP) is 1.17. The summed E-state index contributed by atoms with van der Waals surface area (Å²) in [5.74, 6) is -3.27. The van der Waals surface area contributed by atoms with Gasteiger partial charge >= 0.3 is 0 Å². The first-order valence-corrected chi connectivity index (χ1v) is 4.95. The van der Waals surface area contributed by atoms with Crippen LogP contribution < -0.4 is 0 Å². The Hall–Kier alpha value is 0.260. The van der Waals surface area contributed by atoms with Crippen molar-refractivity contribution in [2.75, 3.05) is 20.7 Å². The van der Waals surface area contributed by atoms with Crippen LogP contribution >= 0.6 is 34.8 Å². The highest BCUT2D eigenvalue weighted by atomic mass is 35.6. The molecule has 0 heterocycles. The summed E-state index contributed by atoms with van der Waals surface area (Å²) in [6.07, 6.45) is 0. The number of likely N-dealkylation sites (N-methyl/N-ethyl adjacent to an activating group) is 1. The number of carbonyl (C=O) groups is 1. The van der Waals surface area contributed by atoms with Gasteiger partial charge in [-0.15, -0.1) is 0 Å². The van der Waals surface area contributed by atoms with Crippen LogP contribution in [0.5, 0.6) is 0 Å². The third-order valence-corrected chi connectivity index (χ3v) is 2.20. The van der Waals surface area contributed by atoms with Crippen molar-refractivity contribution in [3.63, 3.8) is 0 Å². The highest BCUT2D eigenvalue weighted by Gasteiger charge is 2.55. The predicted molar refractivity (Wildman–Crippen MR) is 55.6 cm³/mol. The fourth-order valence-corrected chi connectivity index (χ4v) is 1.18. The number of halogens is 3. The minimum absolute atomic E-state index is 0.0456. The Kier molecular flexibility index (Phi) is 4.95. The maximum atomic E-state index is 11.5. The van der Waals surface area contributed by atoms with Gasteiger partial charge in [0.2, 0.25) is 0 Å². The van der Waals surface area contributed by atoms with Gasteiger partial charge in [-0.1, -0.05) is 34.8 Å².